The molecule has 116 valence electrons. The molecule has 0 spiro atoms. The van der Waals surface area contributed by atoms with Gasteiger partial charge < -0.3 is 15.8 Å². The van der Waals surface area contributed by atoms with Crippen molar-refractivity contribution in [3.8, 4) is 0 Å². The maximum atomic E-state index is 12.1. The smallest absolute Gasteiger partial charge is 0.237 e. The quantitative estimate of drug-likeness (QED) is 0.869. The number of benzene rings is 1. The van der Waals surface area contributed by atoms with Crippen LogP contribution in [0.4, 0.5) is 0 Å². The van der Waals surface area contributed by atoms with Crippen molar-refractivity contribution in [1.29, 1.82) is 0 Å². The average Bonchev–Trinajstić information content (AvgIpc) is 2.53. The summed E-state index contributed by atoms with van der Waals surface area (Å²) in [6.07, 6.45) is 1.85. The molecule has 1 fully saturated rings. The lowest BCUT2D eigenvalue weighted by Gasteiger charge is -2.38. The maximum absolute atomic E-state index is 12.1. The second-order valence-electron chi connectivity index (χ2n) is 6.25. The van der Waals surface area contributed by atoms with Crippen molar-refractivity contribution in [3.63, 3.8) is 0 Å². The highest BCUT2D eigenvalue weighted by Crippen LogP contribution is 2.34. The number of rotatable bonds is 5. The van der Waals surface area contributed by atoms with Gasteiger partial charge in [-0.15, -0.1) is 0 Å². The summed E-state index contributed by atoms with van der Waals surface area (Å²) >= 11 is 0. The lowest BCUT2D eigenvalue weighted by molar-refractivity contribution is -0.123. The summed E-state index contributed by atoms with van der Waals surface area (Å²) in [5.74, 6) is 0.0826. The monoisotopic (exact) mass is 290 g/mol. The normalized spacial score (nSPS) is 19.2. The number of nitrogens with one attached hydrogen (secondary N) is 1. The molecular formula is C17H26N2O2. The van der Waals surface area contributed by atoms with Gasteiger partial charge in [-0.2, -0.15) is 0 Å². The Balaban J connectivity index is 2.09. The first-order valence-corrected chi connectivity index (χ1v) is 7.72. The molecule has 1 aromatic carbocycles. The first-order valence-electron chi connectivity index (χ1n) is 7.72. The molecule has 3 N–H and O–H groups in total. The van der Waals surface area contributed by atoms with Gasteiger partial charge in [-0.1, -0.05) is 44.2 Å². The van der Waals surface area contributed by atoms with E-state index in [4.69, 9.17) is 10.5 Å². The zero-order valence-electron chi connectivity index (χ0n) is 13.0. The van der Waals surface area contributed by atoms with E-state index in [2.05, 4.69) is 17.4 Å². The van der Waals surface area contributed by atoms with Gasteiger partial charge >= 0.3 is 0 Å². The molecule has 1 saturated heterocycles. The zero-order valence-corrected chi connectivity index (χ0v) is 13.0. The van der Waals surface area contributed by atoms with Gasteiger partial charge in [-0.25, -0.2) is 0 Å². The van der Waals surface area contributed by atoms with Gasteiger partial charge in [0.05, 0.1) is 6.04 Å². The van der Waals surface area contributed by atoms with E-state index in [0.29, 0.717) is 6.54 Å². The van der Waals surface area contributed by atoms with Crippen molar-refractivity contribution < 1.29 is 9.53 Å². The summed E-state index contributed by atoms with van der Waals surface area (Å²) in [5.41, 5.74) is 7.15. The molecule has 21 heavy (non-hydrogen) atoms. The highest BCUT2D eigenvalue weighted by molar-refractivity contribution is 5.81. The molecule has 0 radical (unpaired) electrons. The van der Waals surface area contributed by atoms with Crippen LogP contribution < -0.4 is 11.1 Å². The van der Waals surface area contributed by atoms with E-state index >= 15 is 0 Å². The van der Waals surface area contributed by atoms with Crippen LogP contribution in [0.15, 0.2) is 30.3 Å². The Labute approximate surface area is 127 Å². The number of carbonyl (C=O) groups is 1. The molecule has 1 heterocycles. The Morgan fingerprint density at radius 3 is 2.48 bits per heavy atom. The summed E-state index contributed by atoms with van der Waals surface area (Å²) < 4.78 is 5.50. The van der Waals surface area contributed by atoms with Gasteiger partial charge in [0.15, 0.2) is 0 Å². The zero-order chi connectivity index (χ0) is 15.3. The molecular weight excluding hydrogens is 264 g/mol. The first kappa shape index (κ1) is 16.0. The summed E-state index contributed by atoms with van der Waals surface area (Å²) in [6, 6.07) is 9.95. The van der Waals surface area contributed by atoms with E-state index in [1.807, 2.05) is 32.0 Å². The lowest BCUT2D eigenvalue weighted by Crippen LogP contribution is -2.50. The number of carbonyl (C=O) groups excluding carboxylic acids is 1. The van der Waals surface area contributed by atoms with Crippen molar-refractivity contribution in [1.82, 2.24) is 5.32 Å². The SMILES string of the molecule is CC(C)[C@H](N)C(=O)NCC1(c2ccccc2)CCOCC1. The summed E-state index contributed by atoms with van der Waals surface area (Å²) in [7, 11) is 0. The molecule has 1 aliphatic heterocycles. The Hall–Kier alpha value is -1.39. The minimum atomic E-state index is -0.447. The Morgan fingerprint density at radius 2 is 1.90 bits per heavy atom. The van der Waals surface area contributed by atoms with Gasteiger partial charge in [0.25, 0.3) is 0 Å². The molecule has 0 aliphatic carbocycles. The molecule has 1 amide bonds. The topological polar surface area (TPSA) is 64.4 Å². The van der Waals surface area contributed by atoms with Gasteiger partial charge in [0.2, 0.25) is 5.91 Å². The highest BCUT2D eigenvalue weighted by atomic mass is 16.5. The number of nitrogens with two attached hydrogens (primary N) is 1. The Bertz CT molecular complexity index is 453. The van der Waals surface area contributed by atoms with E-state index in [9.17, 15) is 4.79 Å². The molecule has 0 saturated carbocycles. The van der Waals surface area contributed by atoms with Crippen molar-refractivity contribution in [3.05, 3.63) is 35.9 Å². The minimum Gasteiger partial charge on any atom is -0.381 e. The van der Waals surface area contributed by atoms with Crippen molar-refractivity contribution >= 4 is 5.91 Å². The number of hydrogen-bond acceptors (Lipinski definition) is 3. The summed E-state index contributed by atoms with van der Waals surface area (Å²) in [6.45, 7) is 6.03. The Morgan fingerprint density at radius 1 is 1.29 bits per heavy atom. The number of ether oxygens (including phenoxy) is 1. The highest BCUT2D eigenvalue weighted by Gasteiger charge is 2.35. The van der Waals surface area contributed by atoms with E-state index in [-0.39, 0.29) is 17.2 Å². The fourth-order valence-electron chi connectivity index (χ4n) is 2.80. The van der Waals surface area contributed by atoms with Gasteiger partial charge in [0.1, 0.15) is 0 Å². The van der Waals surface area contributed by atoms with Crippen LogP contribution >= 0.6 is 0 Å². The van der Waals surface area contributed by atoms with Gasteiger partial charge in [0, 0.05) is 25.2 Å². The van der Waals surface area contributed by atoms with Crippen LogP contribution in [0.3, 0.4) is 0 Å². The molecule has 0 aromatic heterocycles. The van der Waals surface area contributed by atoms with Crippen LogP contribution in [0, 0.1) is 5.92 Å². The van der Waals surface area contributed by atoms with E-state index in [0.717, 1.165) is 26.1 Å². The van der Waals surface area contributed by atoms with Crippen LogP contribution in [0.1, 0.15) is 32.3 Å². The first-order chi connectivity index (χ1) is 10.1. The van der Waals surface area contributed by atoms with Crippen LogP contribution in [0.5, 0.6) is 0 Å². The Kier molecular flexibility index (Phi) is 5.37. The standard InChI is InChI=1S/C17H26N2O2/c1-13(2)15(18)16(20)19-12-17(8-10-21-11-9-17)14-6-4-3-5-7-14/h3-7,13,15H,8-12,18H2,1-2H3,(H,19,20)/t15-/m0/s1. The van der Waals surface area contributed by atoms with E-state index in [1.54, 1.807) is 0 Å². The molecule has 4 heteroatoms. The van der Waals surface area contributed by atoms with Crippen LogP contribution in [0.25, 0.3) is 0 Å². The molecule has 4 nitrogen and oxygen atoms in total. The molecule has 1 aromatic rings. The molecule has 0 bridgehead atoms. The van der Waals surface area contributed by atoms with E-state index in [1.165, 1.54) is 5.56 Å². The second kappa shape index (κ2) is 7.05. The maximum Gasteiger partial charge on any atom is 0.237 e. The molecule has 0 unspecified atom stereocenters. The van der Waals surface area contributed by atoms with Crippen LogP contribution in [-0.4, -0.2) is 31.7 Å². The summed E-state index contributed by atoms with van der Waals surface area (Å²) in [5, 5.41) is 3.05. The fraction of sp³-hybridized carbons (Fsp3) is 0.588. The van der Waals surface area contributed by atoms with E-state index < -0.39 is 6.04 Å². The molecule has 1 atom stereocenters. The fourth-order valence-corrected chi connectivity index (χ4v) is 2.80. The van der Waals surface area contributed by atoms with Crippen LogP contribution in [0.2, 0.25) is 0 Å². The van der Waals surface area contributed by atoms with Crippen molar-refractivity contribution in [2.75, 3.05) is 19.8 Å². The second-order valence-corrected chi connectivity index (χ2v) is 6.25. The lowest BCUT2D eigenvalue weighted by atomic mass is 9.74. The number of hydrogen-bond donors (Lipinski definition) is 2. The predicted molar refractivity (Wildman–Crippen MR) is 84.0 cm³/mol. The van der Waals surface area contributed by atoms with Crippen molar-refractivity contribution in [2.24, 2.45) is 11.7 Å². The molecule has 1 aliphatic rings. The third-order valence-electron chi connectivity index (χ3n) is 4.46. The largest absolute Gasteiger partial charge is 0.381 e. The minimum absolute atomic E-state index is 0.0358. The van der Waals surface area contributed by atoms with Crippen LogP contribution in [-0.2, 0) is 14.9 Å². The van der Waals surface area contributed by atoms with Crippen molar-refractivity contribution in [2.45, 2.75) is 38.1 Å². The third kappa shape index (κ3) is 3.83. The summed E-state index contributed by atoms with van der Waals surface area (Å²) in [4.78, 5) is 12.1. The molecule has 2 rings (SSSR count). The third-order valence-corrected chi connectivity index (χ3v) is 4.46. The number of amides is 1. The van der Waals surface area contributed by atoms with Gasteiger partial charge in [-0.05, 0) is 24.3 Å². The van der Waals surface area contributed by atoms with Gasteiger partial charge in [-0.3, -0.25) is 4.79 Å². The average molecular weight is 290 g/mol. The predicted octanol–water partition coefficient (Wildman–Crippen LogP) is 1.83.